The average molecular weight is 354 g/mol. The molecule has 0 saturated carbocycles. The summed E-state index contributed by atoms with van der Waals surface area (Å²) in [7, 11) is 0. The third kappa shape index (κ3) is 4.31. The number of benzene rings is 2. The van der Waals surface area contributed by atoms with E-state index in [-0.39, 0.29) is 18.1 Å². The number of carbonyl (C=O) groups is 1. The highest BCUT2D eigenvalue weighted by atomic mass is 32.1. The molecule has 0 aliphatic carbocycles. The van der Waals surface area contributed by atoms with Gasteiger partial charge in [-0.2, -0.15) is 0 Å². The first kappa shape index (κ1) is 17.3. The summed E-state index contributed by atoms with van der Waals surface area (Å²) in [5.74, 6) is -0.369. The lowest BCUT2D eigenvalue weighted by Gasteiger charge is -2.07. The third-order valence-corrected chi connectivity index (χ3v) is 4.83. The highest BCUT2D eigenvalue weighted by Gasteiger charge is 2.15. The zero-order valence-corrected chi connectivity index (χ0v) is 15.0. The van der Waals surface area contributed by atoms with Gasteiger partial charge in [-0.05, 0) is 55.3 Å². The molecule has 0 aliphatic rings. The monoisotopic (exact) mass is 354 g/mol. The topological polar surface area (TPSA) is 42.0 Å². The largest absolute Gasteiger partial charge is 0.326 e. The molecule has 128 valence electrons. The lowest BCUT2D eigenvalue weighted by atomic mass is 10.1. The molecule has 5 heteroatoms. The number of amides is 1. The second kappa shape index (κ2) is 7.57. The van der Waals surface area contributed by atoms with Crippen molar-refractivity contribution in [1.29, 1.82) is 0 Å². The summed E-state index contributed by atoms with van der Waals surface area (Å²) in [4.78, 5) is 17.8. The first-order valence-electron chi connectivity index (χ1n) is 8.16. The molecule has 0 fully saturated rings. The van der Waals surface area contributed by atoms with E-state index in [0.29, 0.717) is 0 Å². The van der Waals surface area contributed by atoms with Crippen molar-refractivity contribution >= 4 is 22.9 Å². The highest BCUT2D eigenvalue weighted by molar-refractivity contribution is 7.12. The van der Waals surface area contributed by atoms with Crippen LogP contribution in [0.3, 0.4) is 0 Å². The standard InChI is InChI=1S/C20H19FN2OS/c1-3-14-5-4-6-17(11-14)23-19(24)12-18-20(22-13(2)25-18)15-7-9-16(21)10-8-15/h4-11H,3,12H2,1-2H3,(H,23,24). The van der Waals surface area contributed by atoms with Gasteiger partial charge in [-0.25, -0.2) is 9.37 Å². The van der Waals surface area contributed by atoms with Crippen molar-refractivity contribution in [3.05, 3.63) is 69.8 Å². The number of rotatable bonds is 5. The summed E-state index contributed by atoms with van der Waals surface area (Å²) in [6, 6.07) is 14.0. The molecular formula is C20H19FN2OS. The molecule has 1 aromatic heterocycles. The maximum absolute atomic E-state index is 13.1. The van der Waals surface area contributed by atoms with Crippen molar-refractivity contribution in [2.75, 3.05) is 5.32 Å². The van der Waals surface area contributed by atoms with E-state index in [4.69, 9.17) is 0 Å². The first-order valence-corrected chi connectivity index (χ1v) is 8.98. The van der Waals surface area contributed by atoms with Crippen LogP contribution in [0.15, 0.2) is 48.5 Å². The predicted molar refractivity (Wildman–Crippen MR) is 100 cm³/mol. The zero-order chi connectivity index (χ0) is 17.8. The van der Waals surface area contributed by atoms with Gasteiger partial charge in [0, 0.05) is 16.1 Å². The lowest BCUT2D eigenvalue weighted by molar-refractivity contribution is -0.115. The summed E-state index contributed by atoms with van der Waals surface area (Å²) in [6.45, 7) is 3.99. The van der Waals surface area contributed by atoms with Gasteiger partial charge in [-0.15, -0.1) is 11.3 Å². The second-order valence-electron chi connectivity index (χ2n) is 5.79. The quantitative estimate of drug-likeness (QED) is 0.700. The molecule has 3 nitrogen and oxygen atoms in total. The van der Waals surface area contributed by atoms with Crippen LogP contribution in [0.2, 0.25) is 0 Å². The number of aromatic nitrogens is 1. The number of thiazole rings is 1. The van der Waals surface area contributed by atoms with Crippen LogP contribution in [0.1, 0.15) is 22.4 Å². The van der Waals surface area contributed by atoms with Gasteiger partial charge in [-0.3, -0.25) is 4.79 Å². The minimum atomic E-state index is -0.286. The molecule has 0 atom stereocenters. The SMILES string of the molecule is CCc1cccc(NC(=O)Cc2sc(C)nc2-c2ccc(F)cc2)c1. The molecule has 1 amide bonds. The molecule has 3 aromatic rings. The van der Waals surface area contributed by atoms with E-state index in [1.807, 2.05) is 31.2 Å². The Kier molecular flexibility index (Phi) is 5.24. The molecule has 3 rings (SSSR count). The van der Waals surface area contributed by atoms with E-state index < -0.39 is 0 Å². The molecule has 25 heavy (non-hydrogen) atoms. The number of aryl methyl sites for hydroxylation is 2. The molecule has 1 heterocycles. The van der Waals surface area contributed by atoms with Gasteiger partial charge in [0.05, 0.1) is 17.1 Å². The van der Waals surface area contributed by atoms with Crippen LogP contribution in [0.25, 0.3) is 11.3 Å². The number of nitrogens with one attached hydrogen (secondary N) is 1. The van der Waals surface area contributed by atoms with Crippen LogP contribution in [0.5, 0.6) is 0 Å². The zero-order valence-electron chi connectivity index (χ0n) is 14.2. The van der Waals surface area contributed by atoms with E-state index in [2.05, 4.69) is 17.2 Å². The van der Waals surface area contributed by atoms with Crippen molar-refractivity contribution in [3.8, 4) is 11.3 Å². The summed E-state index contributed by atoms with van der Waals surface area (Å²) in [5, 5.41) is 3.83. The van der Waals surface area contributed by atoms with E-state index in [1.165, 1.54) is 29.0 Å². The molecule has 0 radical (unpaired) electrons. The van der Waals surface area contributed by atoms with Crippen molar-refractivity contribution in [1.82, 2.24) is 4.98 Å². The van der Waals surface area contributed by atoms with Crippen LogP contribution >= 0.6 is 11.3 Å². The second-order valence-corrected chi connectivity index (χ2v) is 7.08. The molecule has 0 aliphatic heterocycles. The highest BCUT2D eigenvalue weighted by Crippen LogP contribution is 2.29. The van der Waals surface area contributed by atoms with Gasteiger partial charge >= 0.3 is 0 Å². The van der Waals surface area contributed by atoms with Gasteiger partial charge in [0.25, 0.3) is 0 Å². The Morgan fingerprint density at radius 3 is 2.68 bits per heavy atom. The Morgan fingerprint density at radius 1 is 1.20 bits per heavy atom. The lowest BCUT2D eigenvalue weighted by Crippen LogP contribution is -2.14. The van der Waals surface area contributed by atoms with Gasteiger partial charge in [-0.1, -0.05) is 19.1 Å². The van der Waals surface area contributed by atoms with Crippen LogP contribution in [0.4, 0.5) is 10.1 Å². The minimum Gasteiger partial charge on any atom is -0.326 e. The molecule has 2 aromatic carbocycles. The van der Waals surface area contributed by atoms with Crippen molar-refractivity contribution in [2.45, 2.75) is 26.7 Å². The Morgan fingerprint density at radius 2 is 1.96 bits per heavy atom. The van der Waals surface area contributed by atoms with Gasteiger partial charge < -0.3 is 5.32 Å². The Balaban J connectivity index is 1.78. The first-order chi connectivity index (χ1) is 12.0. The summed E-state index contributed by atoms with van der Waals surface area (Å²) in [5.41, 5.74) is 3.55. The Labute approximate surface area is 150 Å². The Hall–Kier alpha value is -2.53. The normalized spacial score (nSPS) is 10.7. The molecule has 1 N–H and O–H groups in total. The van der Waals surface area contributed by atoms with Crippen LogP contribution < -0.4 is 5.32 Å². The van der Waals surface area contributed by atoms with E-state index >= 15 is 0 Å². The predicted octanol–water partition coefficient (Wildman–Crippen LogP) is 5.00. The van der Waals surface area contributed by atoms with Crippen molar-refractivity contribution in [3.63, 3.8) is 0 Å². The van der Waals surface area contributed by atoms with E-state index in [0.717, 1.165) is 33.3 Å². The third-order valence-electron chi connectivity index (χ3n) is 3.86. The van der Waals surface area contributed by atoms with Gasteiger partial charge in [0.1, 0.15) is 5.82 Å². The number of hydrogen-bond donors (Lipinski definition) is 1. The average Bonchev–Trinajstić information content (AvgIpc) is 2.95. The van der Waals surface area contributed by atoms with Crippen LogP contribution in [0, 0.1) is 12.7 Å². The maximum atomic E-state index is 13.1. The van der Waals surface area contributed by atoms with Crippen LogP contribution in [-0.2, 0) is 17.6 Å². The minimum absolute atomic E-state index is 0.0831. The molecule has 0 bridgehead atoms. The maximum Gasteiger partial charge on any atom is 0.229 e. The fourth-order valence-corrected chi connectivity index (χ4v) is 3.60. The number of halogens is 1. The number of hydrogen-bond acceptors (Lipinski definition) is 3. The Bertz CT molecular complexity index is 887. The summed E-state index contributed by atoms with van der Waals surface area (Å²) in [6.07, 6.45) is 1.17. The smallest absolute Gasteiger partial charge is 0.229 e. The van der Waals surface area contributed by atoms with Gasteiger partial charge in [0.2, 0.25) is 5.91 Å². The molecule has 0 spiro atoms. The fourth-order valence-electron chi connectivity index (χ4n) is 2.64. The number of nitrogens with zero attached hydrogens (tertiary/aromatic N) is 1. The molecule has 0 unspecified atom stereocenters. The van der Waals surface area contributed by atoms with Gasteiger partial charge in [0.15, 0.2) is 0 Å². The van der Waals surface area contributed by atoms with Crippen molar-refractivity contribution in [2.24, 2.45) is 0 Å². The number of anilines is 1. The summed E-state index contributed by atoms with van der Waals surface area (Å²) >= 11 is 1.49. The fraction of sp³-hybridized carbons (Fsp3) is 0.200. The van der Waals surface area contributed by atoms with E-state index in [9.17, 15) is 9.18 Å². The van der Waals surface area contributed by atoms with Crippen molar-refractivity contribution < 1.29 is 9.18 Å². The van der Waals surface area contributed by atoms with E-state index in [1.54, 1.807) is 12.1 Å². The number of carbonyl (C=O) groups excluding carboxylic acids is 1. The van der Waals surface area contributed by atoms with Crippen LogP contribution in [-0.4, -0.2) is 10.9 Å². The molecule has 0 saturated heterocycles. The molecular weight excluding hydrogens is 335 g/mol. The summed E-state index contributed by atoms with van der Waals surface area (Å²) < 4.78 is 13.1.